The van der Waals surface area contributed by atoms with Crippen LogP contribution in [0.25, 0.3) is 0 Å². The van der Waals surface area contributed by atoms with E-state index in [-0.39, 0.29) is 17.6 Å². The van der Waals surface area contributed by atoms with Crippen molar-refractivity contribution in [2.24, 2.45) is 0 Å². The lowest BCUT2D eigenvalue weighted by atomic mass is 10.2. The molecule has 2 aromatic rings. The first-order chi connectivity index (χ1) is 10.9. The molecule has 0 saturated carbocycles. The number of nitrogens with zero attached hydrogens (tertiary/aromatic N) is 3. The van der Waals surface area contributed by atoms with Gasteiger partial charge in [-0.2, -0.15) is 0 Å². The Morgan fingerprint density at radius 2 is 2.17 bits per heavy atom. The van der Waals surface area contributed by atoms with E-state index in [1.165, 1.54) is 17.4 Å². The number of rotatable bonds is 2. The molecule has 23 heavy (non-hydrogen) atoms. The second-order valence-corrected chi connectivity index (χ2v) is 6.72. The fraction of sp³-hybridized carbons (Fsp3) is 0.467. The molecule has 0 aromatic carbocycles. The van der Waals surface area contributed by atoms with Crippen LogP contribution in [-0.2, 0) is 4.74 Å². The molecule has 0 spiro atoms. The van der Waals surface area contributed by atoms with E-state index in [2.05, 4.69) is 15.0 Å². The average Bonchev–Trinajstić information content (AvgIpc) is 2.84. The molecule has 3 rings (SSSR count). The Balaban J connectivity index is 1.82. The molecule has 122 valence electrons. The minimum atomic E-state index is -0.386. The van der Waals surface area contributed by atoms with Gasteiger partial charge in [0.2, 0.25) is 0 Å². The summed E-state index contributed by atoms with van der Waals surface area (Å²) in [6.45, 7) is 6.77. The predicted molar refractivity (Wildman–Crippen MR) is 85.8 cm³/mol. The SMILES string of the molecule is Cc1nc(C2CN(C(=O)c3sc(C)nc3C)CCO2)cc(=O)[nH]1. The van der Waals surface area contributed by atoms with Crippen LogP contribution in [0.2, 0.25) is 0 Å². The van der Waals surface area contributed by atoms with Crippen LogP contribution in [0, 0.1) is 20.8 Å². The van der Waals surface area contributed by atoms with Gasteiger partial charge in [-0.1, -0.05) is 0 Å². The standard InChI is InChI=1S/C15H18N4O3S/c1-8-14(23-10(3)16-8)15(21)19-4-5-22-12(7-19)11-6-13(20)18-9(2)17-11/h6,12H,4-5,7H2,1-3H3,(H,17,18,20). The Morgan fingerprint density at radius 1 is 1.39 bits per heavy atom. The third-order valence-electron chi connectivity index (χ3n) is 3.66. The van der Waals surface area contributed by atoms with Gasteiger partial charge < -0.3 is 14.6 Å². The van der Waals surface area contributed by atoms with Gasteiger partial charge in [-0.25, -0.2) is 9.97 Å². The first-order valence-corrected chi connectivity index (χ1v) is 8.18. The van der Waals surface area contributed by atoms with Gasteiger partial charge in [0.1, 0.15) is 16.8 Å². The summed E-state index contributed by atoms with van der Waals surface area (Å²) < 4.78 is 5.70. The molecule has 1 aliphatic rings. The summed E-state index contributed by atoms with van der Waals surface area (Å²) in [6.07, 6.45) is -0.386. The van der Waals surface area contributed by atoms with Crippen LogP contribution in [0.1, 0.15) is 38.0 Å². The second kappa shape index (κ2) is 6.21. The Morgan fingerprint density at radius 3 is 2.83 bits per heavy atom. The molecule has 0 aliphatic carbocycles. The van der Waals surface area contributed by atoms with Gasteiger partial charge in [-0.15, -0.1) is 11.3 Å². The van der Waals surface area contributed by atoms with Crippen molar-refractivity contribution >= 4 is 17.2 Å². The highest BCUT2D eigenvalue weighted by molar-refractivity contribution is 7.13. The number of aromatic nitrogens is 3. The number of nitrogens with one attached hydrogen (secondary N) is 1. The van der Waals surface area contributed by atoms with Crippen LogP contribution in [0.3, 0.4) is 0 Å². The van der Waals surface area contributed by atoms with Gasteiger partial charge in [0.05, 0.1) is 29.5 Å². The van der Waals surface area contributed by atoms with Crippen LogP contribution >= 0.6 is 11.3 Å². The lowest BCUT2D eigenvalue weighted by Crippen LogP contribution is -2.42. The van der Waals surface area contributed by atoms with Gasteiger partial charge in [-0.3, -0.25) is 9.59 Å². The highest BCUT2D eigenvalue weighted by atomic mass is 32.1. The topological polar surface area (TPSA) is 88.2 Å². The molecular formula is C15H18N4O3S. The first-order valence-electron chi connectivity index (χ1n) is 7.37. The quantitative estimate of drug-likeness (QED) is 0.896. The number of morpholine rings is 1. The van der Waals surface area contributed by atoms with Crippen molar-refractivity contribution in [2.75, 3.05) is 19.7 Å². The normalized spacial score (nSPS) is 18.2. The predicted octanol–water partition coefficient (Wildman–Crippen LogP) is 1.37. The van der Waals surface area contributed by atoms with Crippen molar-refractivity contribution in [3.63, 3.8) is 0 Å². The maximum Gasteiger partial charge on any atom is 0.266 e. The van der Waals surface area contributed by atoms with Crippen molar-refractivity contribution in [2.45, 2.75) is 26.9 Å². The number of aryl methyl sites for hydroxylation is 3. The first kappa shape index (κ1) is 15.8. The molecule has 0 radical (unpaired) electrons. The third kappa shape index (κ3) is 3.32. The highest BCUT2D eigenvalue weighted by Gasteiger charge is 2.29. The Kier molecular flexibility index (Phi) is 4.27. The van der Waals surface area contributed by atoms with E-state index >= 15 is 0 Å². The van der Waals surface area contributed by atoms with Gasteiger partial charge in [0.15, 0.2) is 0 Å². The summed E-state index contributed by atoms with van der Waals surface area (Å²) in [5.41, 5.74) is 1.10. The van der Waals surface area contributed by atoms with E-state index in [9.17, 15) is 9.59 Å². The largest absolute Gasteiger partial charge is 0.368 e. The summed E-state index contributed by atoms with van der Waals surface area (Å²) in [6, 6.07) is 1.42. The van der Waals surface area contributed by atoms with Crippen LogP contribution < -0.4 is 5.56 Å². The van der Waals surface area contributed by atoms with Crippen molar-refractivity contribution in [1.82, 2.24) is 19.9 Å². The molecule has 1 saturated heterocycles. The molecule has 1 atom stereocenters. The van der Waals surface area contributed by atoms with E-state index in [1.807, 2.05) is 13.8 Å². The summed E-state index contributed by atoms with van der Waals surface area (Å²) >= 11 is 1.40. The minimum Gasteiger partial charge on any atom is -0.368 e. The number of thiazole rings is 1. The molecule has 8 heteroatoms. The average molecular weight is 334 g/mol. The summed E-state index contributed by atoms with van der Waals surface area (Å²) in [4.78, 5) is 37.9. The zero-order valence-electron chi connectivity index (χ0n) is 13.3. The van der Waals surface area contributed by atoms with Gasteiger partial charge in [-0.05, 0) is 20.8 Å². The lowest BCUT2D eigenvalue weighted by Gasteiger charge is -2.32. The maximum absolute atomic E-state index is 12.7. The lowest BCUT2D eigenvalue weighted by molar-refractivity contribution is -0.0247. The Hall–Kier alpha value is -2.06. The second-order valence-electron chi connectivity index (χ2n) is 5.51. The smallest absolute Gasteiger partial charge is 0.266 e. The van der Waals surface area contributed by atoms with Crippen LogP contribution in [0.15, 0.2) is 10.9 Å². The number of carbonyl (C=O) groups excluding carboxylic acids is 1. The van der Waals surface area contributed by atoms with Crippen LogP contribution in [0.4, 0.5) is 0 Å². The van der Waals surface area contributed by atoms with Gasteiger partial charge in [0.25, 0.3) is 11.5 Å². The van der Waals surface area contributed by atoms with Crippen molar-refractivity contribution in [3.05, 3.63) is 43.5 Å². The van der Waals surface area contributed by atoms with Gasteiger partial charge in [0, 0.05) is 12.6 Å². The van der Waals surface area contributed by atoms with Crippen LogP contribution in [0.5, 0.6) is 0 Å². The van der Waals surface area contributed by atoms with Crippen molar-refractivity contribution < 1.29 is 9.53 Å². The monoisotopic (exact) mass is 334 g/mol. The van der Waals surface area contributed by atoms with Crippen molar-refractivity contribution in [1.29, 1.82) is 0 Å². The van der Waals surface area contributed by atoms with Crippen molar-refractivity contribution in [3.8, 4) is 0 Å². The Bertz CT molecular complexity index is 798. The molecule has 3 heterocycles. The molecular weight excluding hydrogens is 316 g/mol. The molecule has 1 unspecified atom stereocenters. The highest BCUT2D eigenvalue weighted by Crippen LogP contribution is 2.24. The number of hydrogen-bond donors (Lipinski definition) is 1. The van der Waals surface area contributed by atoms with E-state index in [1.54, 1.807) is 11.8 Å². The molecule has 1 fully saturated rings. The fourth-order valence-electron chi connectivity index (χ4n) is 2.65. The van der Waals surface area contributed by atoms with Crippen LogP contribution in [-0.4, -0.2) is 45.5 Å². The maximum atomic E-state index is 12.7. The molecule has 2 aromatic heterocycles. The number of carbonyl (C=O) groups is 1. The van der Waals surface area contributed by atoms with E-state index in [0.29, 0.717) is 36.1 Å². The van der Waals surface area contributed by atoms with E-state index < -0.39 is 0 Å². The summed E-state index contributed by atoms with van der Waals surface area (Å²) in [7, 11) is 0. The van der Waals surface area contributed by atoms with Gasteiger partial charge >= 0.3 is 0 Å². The van der Waals surface area contributed by atoms with E-state index in [0.717, 1.165) is 10.7 Å². The number of ether oxygens (including phenoxy) is 1. The number of amides is 1. The number of aromatic amines is 1. The molecule has 7 nitrogen and oxygen atoms in total. The molecule has 0 bridgehead atoms. The fourth-order valence-corrected chi connectivity index (χ4v) is 3.54. The minimum absolute atomic E-state index is 0.0389. The third-order valence-corrected chi connectivity index (χ3v) is 4.72. The molecule has 1 amide bonds. The van der Waals surface area contributed by atoms with E-state index in [4.69, 9.17) is 4.74 Å². The molecule has 1 N–H and O–H groups in total. The zero-order chi connectivity index (χ0) is 16.6. The molecule has 1 aliphatic heterocycles. The zero-order valence-corrected chi connectivity index (χ0v) is 14.1. The Labute approximate surface area is 137 Å². The summed E-state index contributed by atoms with van der Waals surface area (Å²) in [5.74, 6) is 0.497. The number of hydrogen-bond acceptors (Lipinski definition) is 6. The summed E-state index contributed by atoms with van der Waals surface area (Å²) in [5, 5.41) is 0.877. The number of H-pyrrole nitrogens is 1.